The molecule has 11 aromatic carbocycles. The van der Waals surface area contributed by atoms with Crippen LogP contribution in [0.1, 0.15) is 23.6 Å². The minimum Gasteiger partial charge on any atom is -0.310 e. The van der Waals surface area contributed by atoms with Crippen LogP contribution in [0.15, 0.2) is 273 Å². The molecule has 1 aliphatic rings. The van der Waals surface area contributed by atoms with Crippen LogP contribution in [-0.4, -0.2) is 4.57 Å². The summed E-state index contributed by atoms with van der Waals surface area (Å²) in [5.74, 6) is 0. The number of benzene rings is 11. The maximum Gasteiger partial charge on any atom is 0.0622 e. The monoisotopic (exact) mass is 892 g/mol. The second kappa shape index (κ2) is 17.0. The van der Waals surface area contributed by atoms with Crippen molar-refractivity contribution in [3.63, 3.8) is 0 Å². The molecule has 2 nitrogen and oxygen atoms in total. The van der Waals surface area contributed by atoms with Gasteiger partial charge in [0.2, 0.25) is 0 Å². The van der Waals surface area contributed by atoms with Gasteiger partial charge in [-0.05, 0) is 135 Å². The fourth-order valence-corrected chi connectivity index (χ4v) is 11.3. The molecule has 70 heavy (non-hydrogen) atoms. The Bertz CT molecular complexity index is 3880. The second-order valence-corrected chi connectivity index (χ2v) is 18.6. The van der Waals surface area contributed by atoms with E-state index in [-0.39, 0.29) is 0 Å². The first-order valence-electron chi connectivity index (χ1n) is 24.3. The molecule has 1 aliphatic carbocycles. The molecule has 0 amide bonds. The third kappa shape index (κ3) is 6.79. The molecule has 0 aliphatic heterocycles. The topological polar surface area (TPSA) is 8.17 Å². The van der Waals surface area contributed by atoms with Crippen LogP contribution < -0.4 is 4.90 Å². The molecular weight excluding hydrogens is 845 g/mol. The first-order chi connectivity index (χ1) is 34.6. The molecule has 0 radical (unpaired) electrons. The van der Waals surface area contributed by atoms with E-state index in [4.69, 9.17) is 0 Å². The van der Waals surface area contributed by atoms with Crippen LogP contribution >= 0.6 is 0 Å². The minimum atomic E-state index is -0.439. The summed E-state index contributed by atoms with van der Waals surface area (Å²) in [6, 6.07) is 100. The smallest absolute Gasteiger partial charge is 0.0622 e. The van der Waals surface area contributed by atoms with Crippen molar-refractivity contribution in [3.05, 3.63) is 290 Å². The van der Waals surface area contributed by atoms with E-state index in [0.29, 0.717) is 0 Å². The summed E-state index contributed by atoms with van der Waals surface area (Å²) in [5.41, 5.74) is 22.4. The van der Waals surface area contributed by atoms with Crippen LogP contribution in [0.4, 0.5) is 17.1 Å². The highest BCUT2D eigenvalue weighted by Gasteiger charge is 2.43. The van der Waals surface area contributed by atoms with Crippen molar-refractivity contribution in [2.24, 2.45) is 0 Å². The lowest BCUT2D eigenvalue weighted by Crippen LogP contribution is -2.22. The Morgan fingerprint density at radius 1 is 0.343 bits per heavy atom. The van der Waals surface area contributed by atoms with E-state index in [0.717, 1.165) is 28.3 Å². The molecule has 0 fully saturated rings. The van der Waals surface area contributed by atoms with Crippen molar-refractivity contribution >= 4 is 38.9 Å². The lowest BCUT2D eigenvalue weighted by atomic mass is 9.73. The number of aromatic nitrogens is 1. The van der Waals surface area contributed by atoms with E-state index in [1.54, 1.807) is 0 Å². The molecule has 12 aromatic rings. The van der Waals surface area contributed by atoms with Gasteiger partial charge in [-0.1, -0.05) is 206 Å². The van der Waals surface area contributed by atoms with Crippen LogP contribution in [-0.2, 0) is 5.41 Å². The van der Waals surface area contributed by atoms with Crippen molar-refractivity contribution in [3.8, 4) is 61.3 Å². The molecule has 0 saturated heterocycles. The summed E-state index contributed by atoms with van der Waals surface area (Å²) >= 11 is 0. The minimum absolute atomic E-state index is 0.439. The van der Waals surface area contributed by atoms with Crippen molar-refractivity contribution in [2.45, 2.75) is 12.3 Å². The summed E-state index contributed by atoms with van der Waals surface area (Å²) in [7, 11) is 0. The van der Waals surface area contributed by atoms with E-state index >= 15 is 0 Å². The number of hydrogen-bond acceptors (Lipinski definition) is 1. The molecule has 1 atom stereocenters. The molecule has 330 valence electrons. The average Bonchev–Trinajstić information content (AvgIpc) is 3.92. The molecule has 1 unspecified atom stereocenters. The van der Waals surface area contributed by atoms with E-state index in [2.05, 4.69) is 289 Å². The Morgan fingerprint density at radius 2 is 0.857 bits per heavy atom. The van der Waals surface area contributed by atoms with Gasteiger partial charge in [0.25, 0.3) is 0 Å². The van der Waals surface area contributed by atoms with E-state index < -0.39 is 5.41 Å². The Hall–Kier alpha value is -8.98. The van der Waals surface area contributed by atoms with E-state index in [1.807, 2.05) is 0 Å². The van der Waals surface area contributed by atoms with Gasteiger partial charge in [0, 0.05) is 44.4 Å². The zero-order chi connectivity index (χ0) is 46.6. The van der Waals surface area contributed by atoms with Gasteiger partial charge in [0.05, 0.1) is 16.7 Å². The molecule has 0 N–H and O–H groups in total. The predicted octanol–water partition coefficient (Wildman–Crippen LogP) is 18.3. The number of para-hydroxylation sites is 3. The van der Waals surface area contributed by atoms with Gasteiger partial charge in [-0.15, -0.1) is 0 Å². The number of hydrogen-bond donors (Lipinski definition) is 0. The van der Waals surface area contributed by atoms with Crippen molar-refractivity contribution in [2.75, 3.05) is 4.90 Å². The van der Waals surface area contributed by atoms with Gasteiger partial charge in [-0.2, -0.15) is 0 Å². The zero-order valence-corrected chi connectivity index (χ0v) is 38.9. The van der Waals surface area contributed by atoms with Crippen LogP contribution in [0.25, 0.3) is 83.1 Å². The highest BCUT2D eigenvalue weighted by molar-refractivity contribution is 6.16. The van der Waals surface area contributed by atoms with Crippen LogP contribution in [0.5, 0.6) is 0 Å². The lowest BCUT2D eigenvalue weighted by molar-refractivity contribution is 0.714. The molecule has 2 heteroatoms. The van der Waals surface area contributed by atoms with Crippen molar-refractivity contribution in [1.29, 1.82) is 0 Å². The van der Waals surface area contributed by atoms with E-state index in [1.165, 1.54) is 88.6 Å². The van der Waals surface area contributed by atoms with Crippen LogP contribution in [0.2, 0.25) is 0 Å². The first-order valence-corrected chi connectivity index (χ1v) is 24.3. The predicted molar refractivity (Wildman–Crippen MR) is 295 cm³/mol. The summed E-state index contributed by atoms with van der Waals surface area (Å²) in [6.07, 6.45) is 0. The van der Waals surface area contributed by atoms with Gasteiger partial charge < -0.3 is 9.47 Å². The fraction of sp³-hybridized carbons (Fsp3) is 0.0294. The molecule has 1 aromatic heterocycles. The Labute approximate surface area is 409 Å². The normalized spacial score (nSPS) is 13.8. The molecule has 1 heterocycles. The quantitative estimate of drug-likeness (QED) is 0.140. The Balaban J connectivity index is 1.03. The molecule has 13 rings (SSSR count). The van der Waals surface area contributed by atoms with Gasteiger partial charge in [-0.3, -0.25) is 0 Å². The zero-order valence-electron chi connectivity index (χ0n) is 38.9. The average molecular weight is 893 g/mol. The summed E-state index contributed by atoms with van der Waals surface area (Å²) < 4.78 is 2.50. The Kier molecular flexibility index (Phi) is 9.99. The fourth-order valence-electron chi connectivity index (χ4n) is 11.3. The summed E-state index contributed by atoms with van der Waals surface area (Å²) in [4.78, 5) is 2.42. The number of fused-ring (bicyclic) bond motifs is 7. The number of rotatable bonds is 9. The van der Waals surface area contributed by atoms with Gasteiger partial charge in [-0.25, -0.2) is 0 Å². The van der Waals surface area contributed by atoms with Crippen LogP contribution in [0.3, 0.4) is 0 Å². The lowest BCUT2D eigenvalue weighted by Gasteiger charge is -2.29. The summed E-state index contributed by atoms with van der Waals surface area (Å²) in [5, 5.41) is 2.51. The van der Waals surface area contributed by atoms with Gasteiger partial charge >= 0.3 is 0 Å². The van der Waals surface area contributed by atoms with Crippen molar-refractivity contribution < 1.29 is 0 Å². The first kappa shape index (κ1) is 41.2. The highest BCUT2D eigenvalue weighted by atomic mass is 15.1. The molecule has 0 bridgehead atoms. The standard InChI is InChI=1S/C68H48N2/c1-68(54-29-19-27-50(43-54)47-21-7-2-8-22-47)62-40-37-53(46-61(62)66-63(68)41-39-59-58-35-17-18-36-64(58)70(67(59)66)56-32-15-6-16-33-56)51-28-20-34-57(44-51)69(55-30-13-5-14-31-55)65-42-38-52(48-23-9-3-10-24-48)45-60(65)49-25-11-4-12-26-49/h2-46H,1H3. The molecule has 0 spiro atoms. The van der Waals surface area contributed by atoms with Gasteiger partial charge in [0.15, 0.2) is 0 Å². The third-order valence-corrected chi connectivity index (χ3v) is 14.6. The third-order valence-electron chi connectivity index (χ3n) is 14.6. The maximum atomic E-state index is 2.50. The van der Waals surface area contributed by atoms with Crippen molar-refractivity contribution in [1.82, 2.24) is 4.57 Å². The largest absolute Gasteiger partial charge is 0.310 e. The number of anilines is 3. The maximum absolute atomic E-state index is 2.50. The summed E-state index contributed by atoms with van der Waals surface area (Å²) in [6.45, 7) is 2.44. The molecular formula is C68H48N2. The Morgan fingerprint density at radius 3 is 1.57 bits per heavy atom. The van der Waals surface area contributed by atoms with Crippen LogP contribution in [0, 0.1) is 0 Å². The SMILES string of the molecule is CC1(c2cccc(-c3ccccc3)c2)c2ccc(-c3cccc(N(c4ccccc4)c4ccc(-c5ccccc5)cc4-c4ccccc4)c3)cc2-c2c1ccc1c3ccccc3n(-c3ccccc3)c21. The van der Waals surface area contributed by atoms with Gasteiger partial charge in [0.1, 0.15) is 0 Å². The highest BCUT2D eigenvalue weighted by Crippen LogP contribution is 2.57. The second-order valence-electron chi connectivity index (χ2n) is 18.6. The number of nitrogens with zero attached hydrogens (tertiary/aromatic N) is 2. The van der Waals surface area contributed by atoms with E-state index in [9.17, 15) is 0 Å². The molecule has 0 saturated carbocycles.